The molecule has 2 rings (SSSR count). The molecular weight excluding hydrogens is 250 g/mol. The predicted molar refractivity (Wildman–Crippen MR) is 66.1 cm³/mol. The lowest BCUT2D eigenvalue weighted by Gasteiger charge is -2.34. The number of hydrogen-bond donors (Lipinski definition) is 2. The van der Waals surface area contributed by atoms with Crippen molar-refractivity contribution in [3.05, 3.63) is 0 Å². The Morgan fingerprint density at radius 2 is 2.00 bits per heavy atom. The van der Waals surface area contributed by atoms with Crippen molar-refractivity contribution in [2.24, 2.45) is 0 Å². The number of imide groups is 1. The Balaban J connectivity index is 2.23. The van der Waals surface area contributed by atoms with Gasteiger partial charge in [-0.05, 0) is 20.3 Å². The molecule has 7 heteroatoms. The fourth-order valence-electron chi connectivity index (χ4n) is 2.83. The molecule has 0 radical (unpaired) electrons. The lowest BCUT2D eigenvalue weighted by atomic mass is 9.97. The van der Waals surface area contributed by atoms with Gasteiger partial charge in [0.25, 0.3) is 5.91 Å². The zero-order valence-electron chi connectivity index (χ0n) is 11.3. The first-order chi connectivity index (χ1) is 8.84. The summed E-state index contributed by atoms with van der Waals surface area (Å²) in [7, 11) is 1.50. The second-order valence-electron chi connectivity index (χ2n) is 5.25. The van der Waals surface area contributed by atoms with E-state index >= 15 is 0 Å². The van der Waals surface area contributed by atoms with Gasteiger partial charge >= 0.3 is 6.03 Å². The van der Waals surface area contributed by atoms with Crippen molar-refractivity contribution in [2.75, 3.05) is 7.05 Å². The third kappa shape index (κ3) is 2.18. The fraction of sp³-hybridized carbons (Fsp3) is 0.750. The van der Waals surface area contributed by atoms with Gasteiger partial charge in [-0.1, -0.05) is 0 Å². The molecule has 7 nitrogen and oxygen atoms in total. The van der Waals surface area contributed by atoms with Crippen LogP contribution in [0, 0.1) is 0 Å². The van der Waals surface area contributed by atoms with Crippen molar-refractivity contribution in [1.82, 2.24) is 15.1 Å². The Morgan fingerprint density at radius 1 is 1.37 bits per heavy atom. The predicted octanol–water partition coefficient (Wildman–Crippen LogP) is -0.703. The third-order valence-corrected chi connectivity index (χ3v) is 3.84. The monoisotopic (exact) mass is 269 g/mol. The number of rotatable bonds is 2. The molecule has 2 aliphatic rings. The summed E-state index contributed by atoms with van der Waals surface area (Å²) >= 11 is 0. The average Bonchev–Trinajstić information content (AvgIpc) is 2.52. The molecule has 106 valence electrons. The van der Waals surface area contributed by atoms with Crippen LogP contribution in [0.2, 0.25) is 0 Å². The second-order valence-corrected chi connectivity index (χ2v) is 5.25. The molecule has 0 aliphatic carbocycles. The Morgan fingerprint density at radius 3 is 2.47 bits per heavy atom. The lowest BCUT2D eigenvalue weighted by Crippen LogP contribution is -2.56. The van der Waals surface area contributed by atoms with E-state index in [1.54, 1.807) is 6.92 Å². The molecule has 2 N–H and O–H groups in total. The van der Waals surface area contributed by atoms with Gasteiger partial charge in [0, 0.05) is 19.5 Å². The maximum Gasteiger partial charge on any atom is 0.327 e. The summed E-state index contributed by atoms with van der Waals surface area (Å²) in [6.07, 6.45) is -0.153. The maximum absolute atomic E-state index is 12.3. The number of likely N-dealkylation sites (N-methyl/N-ethyl adjacent to an activating group) is 1. The van der Waals surface area contributed by atoms with E-state index < -0.39 is 24.1 Å². The first kappa shape index (κ1) is 13.8. The summed E-state index contributed by atoms with van der Waals surface area (Å²) in [5, 5.41) is 12.4. The number of nitrogens with zero attached hydrogens (tertiary/aromatic N) is 2. The Bertz CT molecular complexity index is 423. The summed E-state index contributed by atoms with van der Waals surface area (Å²) in [5.41, 5.74) is 0. The van der Waals surface area contributed by atoms with E-state index in [2.05, 4.69) is 5.32 Å². The average molecular weight is 269 g/mol. The third-order valence-electron chi connectivity index (χ3n) is 3.84. The SMILES string of the molecule is CC(O)C1C(=O)N(C2CCC(=O)NC2C)C(=O)N1C. The second kappa shape index (κ2) is 4.80. The van der Waals surface area contributed by atoms with Gasteiger partial charge in [-0.3, -0.25) is 14.5 Å². The molecule has 19 heavy (non-hydrogen) atoms. The van der Waals surface area contributed by atoms with Crippen LogP contribution in [0.5, 0.6) is 0 Å². The van der Waals surface area contributed by atoms with E-state index in [0.717, 1.165) is 0 Å². The van der Waals surface area contributed by atoms with Crippen LogP contribution in [0.1, 0.15) is 26.7 Å². The number of aliphatic hydroxyl groups is 1. The van der Waals surface area contributed by atoms with Crippen molar-refractivity contribution >= 4 is 17.8 Å². The smallest absolute Gasteiger partial charge is 0.327 e. The first-order valence-corrected chi connectivity index (χ1v) is 6.42. The molecule has 0 spiro atoms. The van der Waals surface area contributed by atoms with Crippen LogP contribution < -0.4 is 5.32 Å². The van der Waals surface area contributed by atoms with Crippen LogP contribution in [0.25, 0.3) is 0 Å². The van der Waals surface area contributed by atoms with Gasteiger partial charge in [0.1, 0.15) is 6.04 Å². The maximum atomic E-state index is 12.3. The minimum absolute atomic E-state index is 0.0664. The van der Waals surface area contributed by atoms with Gasteiger partial charge in [0.2, 0.25) is 5.91 Å². The number of nitrogens with one attached hydrogen (secondary N) is 1. The molecule has 0 aromatic rings. The molecule has 4 atom stereocenters. The van der Waals surface area contributed by atoms with E-state index in [9.17, 15) is 19.5 Å². The van der Waals surface area contributed by atoms with E-state index in [1.165, 1.54) is 23.8 Å². The molecule has 0 bridgehead atoms. The fourth-order valence-corrected chi connectivity index (χ4v) is 2.83. The molecule has 4 unspecified atom stereocenters. The summed E-state index contributed by atoms with van der Waals surface area (Å²) in [5.74, 6) is -0.459. The highest BCUT2D eigenvalue weighted by Gasteiger charge is 2.50. The molecule has 0 aromatic heterocycles. The van der Waals surface area contributed by atoms with Crippen molar-refractivity contribution in [1.29, 1.82) is 0 Å². The van der Waals surface area contributed by atoms with Gasteiger partial charge < -0.3 is 15.3 Å². The van der Waals surface area contributed by atoms with Gasteiger partial charge in [-0.15, -0.1) is 0 Å². The van der Waals surface area contributed by atoms with Gasteiger partial charge in [0.15, 0.2) is 0 Å². The van der Waals surface area contributed by atoms with Gasteiger partial charge in [-0.2, -0.15) is 0 Å². The molecule has 0 aromatic carbocycles. The van der Waals surface area contributed by atoms with E-state index in [1.807, 2.05) is 0 Å². The number of carbonyl (C=O) groups excluding carboxylic acids is 3. The summed E-state index contributed by atoms with van der Waals surface area (Å²) in [6, 6.07) is -1.86. The highest BCUT2D eigenvalue weighted by atomic mass is 16.3. The van der Waals surface area contributed by atoms with Crippen molar-refractivity contribution in [2.45, 2.75) is 50.9 Å². The van der Waals surface area contributed by atoms with Crippen molar-refractivity contribution < 1.29 is 19.5 Å². The minimum Gasteiger partial charge on any atom is -0.391 e. The lowest BCUT2D eigenvalue weighted by molar-refractivity contribution is -0.135. The Hall–Kier alpha value is -1.63. The number of amides is 4. The van der Waals surface area contributed by atoms with Gasteiger partial charge in [-0.25, -0.2) is 4.79 Å². The Kier molecular flexibility index (Phi) is 3.49. The Labute approximate surface area is 111 Å². The number of hydrogen-bond acceptors (Lipinski definition) is 4. The number of piperidine rings is 1. The standard InChI is InChI=1S/C12H19N3O4/c1-6-8(4-5-9(17)13-6)15-11(18)10(7(2)16)14(3)12(15)19/h6-8,10,16H,4-5H2,1-3H3,(H,13,17). The minimum atomic E-state index is -0.917. The normalized spacial score (nSPS) is 33.7. The van der Waals surface area contributed by atoms with Gasteiger partial charge in [0.05, 0.1) is 12.1 Å². The van der Waals surface area contributed by atoms with E-state index in [0.29, 0.717) is 12.8 Å². The highest BCUT2D eigenvalue weighted by molar-refractivity contribution is 6.05. The zero-order valence-corrected chi connectivity index (χ0v) is 11.3. The van der Waals surface area contributed by atoms with Crippen LogP contribution >= 0.6 is 0 Å². The molecule has 2 heterocycles. The van der Waals surface area contributed by atoms with Crippen molar-refractivity contribution in [3.8, 4) is 0 Å². The molecule has 4 amide bonds. The molecular formula is C12H19N3O4. The number of carbonyl (C=O) groups is 3. The quantitative estimate of drug-likeness (QED) is 0.648. The topological polar surface area (TPSA) is 90.0 Å². The number of urea groups is 1. The van der Waals surface area contributed by atoms with Crippen LogP contribution in [0.15, 0.2) is 0 Å². The summed E-state index contributed by atoms with van der Waals surface area (Å²) in [4.78, 5) is 38.2. The van der Waals surface area contributed by atoms with E-state index in [-0.39, 0.29) is 18.0 Å². The zero-order chi connectivity index (χ0) is 14.3. The highest BCUT2D eigenvalue weighted by Crippen LogP contribution is 2.26. The van der Waals surface area contributed by atoms with Crippen LogP contribution in [-0.2, 0) is 9.59 Å². The molecule has 2 aliphatic heterocycles. The largest absolute Gasteiger partial charge is 0.391 e. The van der Waals surface area contributed by atoms with Crippen LogP contribution in [0.3, 0.4) is 0 Å². The first-order valence-electron chi connectivity index (χ1n) is 6.42. The van der Waals surface area contributed by atoms with Crippen LogP contribution in [0.4, 0.5) is 4.79 Å². The van der Waals surface area contributed by atoms with Crippen LogP contribution in [-0.4, -0.2) is 64.0 Å². The summed E-state index contributed by atoms with van der Waals surface area (Å²) < 4.78 is 0. The summed E-state index contributed by atoms with van der Waals surface area (Å²) in [6.45, 7) is 3.26. The molecule has 2 saturated heterocycles. The number of aliphatic hydroxyl groups excluding tert-OH is 1. The molecule has 2 fully saturated rings. The van der Waals surface area contributed by atoms with Crippen molar-refractivity contribution in [3.63, 3.8) is 0 Å². The van der Waals surface area contributed by atoms with E-state index in [4.69, 9.17) is 0 Å². The molecule has 0 saturated carbocycles.